The number of hydrogen-bond acceptors (Lipinski definition) is 3. The molecule has 1 heterocycles. The minimum absolute atomic E-state index is 0.0555. The van der Waals surface area contributed by atoms with Crippen LogP contribution in [0.1, 0.15) is 27.4 Å². The van der Waals surface area contributed by atoms with Gasteiger partial charge in [-0.3, -0.25) is 14.5 Å². The number of amides is 2. The van der Waals surface area contributed by atoms with Crippen molar-refractivity contribution in [2.24, 2.45) is 0 Å². The summed E-state index contributed by atoms with van der Waals surface area (Å²) in [6, 6.07) is 24.7. The van der Waals surface area contributed by atoms with Crippen LogP contribution in [-0.4, -0.2) is 17.6 Å². The lowest BCUT2D eigenvalue weighted by molar-refractivity contribution is -0.116. The van der Waals surface area contributed by atoms with Crippen LogP contribution in [0.4, 0.5) is 11.4 Å². The molecule has 1 aliphatic rings. The van der Waals surface area contributed by atoms with Crippen LogP contribution in [0.2, 0.25) is 0 Å². The van der Waals surface area contributed by atoms with E-state index in [0.29, 0.717) is 11.4 Å². The standard InChI is InChI=1S/C24H21ClN2O2S/c1-16-9-5-8-14-20(16)27-21(28)15-30-24(27)18-12-6-7-13-19(18)26-23(29)22(25)17-10-3-2-4-11-17/h2-14,22,24H,15H2,1H3,(H,26,29)/t22-,24+/m1/s1. The zero-order valence-corrected chi connectivity index (χ0v) is 18.0. The van der Waals surface area contributed by atoms with E-state index in [1.807, 2.05) is 90.7 Å². The molecule has 4 nitrogen and oxygen atoms in total. The van der Waals surface area contributed by atoms with E-state index >= 15 is 0 Å². The highest BCUT2D eigenvalue weighted by Crippen LogP contribution is 2.45. The second kappa shape index (κ2) is 8.94. The minimum Gasteiger partial charge on any atom is -0.324 e. The molecule has 0 radical (unpaired) electrons. The van der Waals surface area contributed by atoms with Gasteiger partial charge in [-0.2, -0.15) is 0 Å². The van der Waals surface area contributed by atoms with Crippen molar-refractivity contribution >= 4 is 46.6 Å². The van der Waals surface area contributed by atoms with Gasteiger partial charge in [0, 0.05) is 16.9 Å². The van der Waals surface area contributed by atoms with E-state index in [0.717, 1.165) is 22.4 Å². The smallest absolute Gasteiger partial charge is 0.246 e. The van der Waals surface area contributed by atoms with Gasteiger partial charge in [-0.15, -0.1) is 23.4 Å². The average molecular weight is 437 g/mol. The molecule has 0 bridgehead atoms. The Morgan fingerprint density at radius 2 is 1.70 bits per heavy atom. The summed E-state index contributed by atoms with van der Waals surface area (Å²) in [7, 11) is 0. The molecule has 2 amide bonds. The summed E-state index contributed by atoms with van der Waals surface area (Å²) in [5.41, 5.74) is 4.20. The maximum atomic E-state index is 12.8. The van der Waals surface area contributed by atoms with E-state index in [1.54, 1.807) is 11.8 Å². The number of nitrogens with one attached hydrogen (secondary N) is 1. The number of carbonyl (C=O) groups excluding carboxylic acids is 2. The van der Waals surface area contributed by atoms with E-state index in [-0.39, 0.29) is 17.2 Å². The van der Waals surface area contributed by atoms with Gasteiger partial charge in [0.25, 0.3) is 0 Å². The Balaban J connectivity index is 1.64. The van der Waals surface area contributed by atoms with Crippen molar-refractivity contribution in [1.29, 1.82) is 0 Å². The van der Waals surface area contributed by atoms with Crippen LogP contribution in [-0.2, 0) is 9.59 Å². The number of carbonyl (C=O) groups is 2. The Morgan fingerprint density at radius 3 is 2.47 bits per heavy atom. The molecule has 30 heavy (non-hydrogen) atoms. The molecule has 0 saturated carbocycles. The number of thioether (sulfide) groups is 1. The number of hydrogen-bond donors (Lipinski definition) is 1. The van der Waals surface area contributed by atoms with Gasteiger partial charge in [-0.05, 0) is 30.2 Å². The van der Waals surface area contributed by atoms with E-state index in [2.05, 4.69) is 5.32 Å². The number of alkyl halides is 1. The molecule has 2 atom stereocenters. The number of halogens is 1. The summed E-state index contributed by atoms with van der Waals surface area (Å²) in [5, 5.41) is 1.94. The average Bonchev–Trinajstić information content (AvgIpc) is 3.15. The van der Waals surface area contributed by atoms with Gasteiger partial charge in [0.05, 0.1) is 5.75 Å². The SMILES string of the molecule is Cc1ccccc1N1C(=O)CS[C@H]1c1ccccc1NC(=O)[C@H](Cl)c1ccccc1. The van der Waals surface area contributed by atoms with Crippen LogP contribution >= 0.6 is 23.4 Å². The summed E-state index contributed by atoms with van der Waals surface area (Å²) < 4.78 is 0. The minimum atomic E-state index is -0.801. The summed E-state index contributed by atoms with van der Waals surface area (Å²) in [4.78, 5) is 27.4. The summed E-state index contributed by atoms with van der Waals surface area (Å²) >= 11 is 7.96. The third kappa shape index (κ3) is 4.09. The van der Waals surface area contributed by atoms with Crippen LogP contribution in [0.3, 0.4) is 0 Å². The van der Waals surface area contributed by atoms with Crippen molar-refractivity contribution in [3.63, 3.8) is 0 Å². The van der Waals surface area contributed by atoms with Gasteiger partial charge in [0.15, 0.2) is 0 Å². The second-order valence-corrected chi connectivity index (χ2v) is 8.57. The highest BCUT2D eigenvalue weighted by atomic mass is 35.5. The number of anilines is 2. The largest absolute Gasteiger partial charge is 0.324 e. The molecule has 0 aromatic heterocycles. The van der Waals surface area contributed by atoms with E-state index in [9.17, 15) is 9.59 Å². The fourth-order valence-corrected chi connectivity index (χ4v) is 4.95. The molecule has 1 fully saturated rings. The molecule has 1 N–H and O–H groups in total. The van der Waals surface area contributed by atoms with Crippen molar-refractivity contribution in [2.45, 2.75) is 17.7 Å². The highest BCUT2D eigenvalue weighted by Gasteiger charge is 2.36. The number of rotatable bonds is 5. The van der Waals surface area contributed by atoms with Gasteiger partial charge in [0.2, 0.25) is 11.8 Å². The number of aryl methyl sites for hydroxylation is 1. The summed E-state index contributed by atoms with van der Waals surface area (Å²) in [6.45, 7) is 1.99. The van der Waals surface area contributed by atoms with Crippen LogP contribution in [0.15, 0.2) is 78.9 Å². The third-order valence-corrected chi connectivity index (χ3v) is 6.69. The van der Waals surface area contributed by atoms with Gasteiger partial charge in [-0.25, -0.2) is 0 Å². The van der Waals surface area contributed by atoms with Gasteiger partial charge < -0.3 is 5.32 Å². The molecule has 0 spiro atoms. The second-order valence-electron chi connectivity index (χ2n) is 7.06. The monoisotopic (exact) mass is 436 g/mol. The maximum Gasteiger partial charge on any atom is 0.246 e. The Morgan fingerprint density at radius 1 is 1.03 bits per heavy atom. The lowest BCUT2D eigenvalue weighted by atomic mass is 10.1. The summed E-state index contributed by atoms with van der Waals surface area (Å²) in [6.07, 6.45) is 0. The van der Waals surface area contributed by atoms with E-state index in [1.165, 1.54) is 0 Å². The van der Waals surface area contributed by atoms with E-state index in [4.69, 9.17) is 11.6 Å². The molecule has 3 aromatic carbocycles. The molecule has 1 aliphatic heterocycles. The molecule has 152 valence electrons. The number of para-hydroxylation sites is 2. The first-order valence-electron chi connectivity index (χ1n) is 9.64. The molecule has 0 unspecified atom stereocenters. The Bertz CT molecular complexity index is 1070. The molecular weight excluding hydrogens is 416 g/mol. The first-order valence-corrected chi connectivity index (χ1v) is 11.1. The predicted octanol–water partition coefficient (Wildman–Crippen LogP) is 5.69. The zero-order chi connectivity index (χ0) is 21.1. The molecule has 0 aliphatic carbocycles. The first kappa shape index (κ1) is 20.5. The summed E-state index contributed by atoms with van der Waals surface area (Å²) in [5.74, 6) is 0.149. The first-order chi connectivity index (χ1) is 14.6. The van der Waals surface area contributed by atoms with Crippen LogP contribution in [0.5, 0.6) is 0 Å². The van der Waals surface area contributed by atoms with Gasteiger partial charge in [0.1, 0.15) is 10.8 Å². The molecule has 3 aromatic rings. The maximum absolute atomic E-state index is 12.8. The topological polar surface area (TPSA) is 49.4 Å². The quantitative estimate of drug-likeness (QED) is 0.522. The molecule has 6 heteroatoms. The fraction of sp³-hybridized carbons (Fsp3) is 0.167. The lowest BCUT2D eigenvalue weighted by Crippen LogP contribution is -2.29. The van der Waals surface area contributed by atoms with Crippen molar-refractivity contribution in [3.05, 3.63) is 95.6 Å². The normalized spacial score (nSPS) is 17.1. The van der Waals surface area contributed by atoms with Crippen molar-refractivity contribution in [2.75, 3.05) is 16.0 Å². The number of benzene rings is 3. The Labute approximate surface area is 185 Å². The lowest BCUT2D eigenvalue weighted by Gasteiger charge is -2.27. The Kier molecular flexibility index (Phi) is 6.11. The van der Waals surface area contributed by atoms with E-state index < -0.39 is 5.38 Å². The Hall–Kier alpha value is -2.76. The van der Waals surface area contributed by atoms with Gasteiger partial charge >= 0.3 is 0 Å². The van der Waals surface area contributed by atoms with Crippen LogP contribution in [0.25, 0.3) is 0 Å². The predicted molar refractivity (Wildman–Crippen MR) is 124 cm³/mol. The van der Waals surface area contributed by atoms with Gasteiger partial charge in [-0.1, -0.05) is 66.7 Å². The zero-order valence-electron chi connectivity index (χ0n) is 16.4. The molecule has 1 saturated heterocycles. The fourth-order valence-electron chi connectivity index (χ4n) is 3.54. The van der Waals surface area contributed by atoms with Crippen molar-refractivity contribution in [3.8, 4) is 0 Å². The van der Waals surface area contributed by atoms with Crippen LogP contribution < -0.4 is 10.2 Å². The van der Waals surface area contributed by atoms with Crippen molar-refractivity contribution < 1.29 is 9.59 Å². The molecule has 4 rings (SSSR count). The van der Waals surface area contributed by atoms with Crippen LogP contribution in [0, 0.1) is 6.92 Å². The third-order valence-electron chi connectivity index (χ3n) is 5.05. The van der Waals surface area contributed by atoms with Crippen molar-refractivity contribution in [1.82, 2.24) is 0 Å². The number of nitrogens with zero attached hydrogens (tertiary/aromatic N) is 1. The molecular formula is C24H21ClN2O2S. The highest BCUT2D eigenvalue weighted by molar-refractivity contribution is 8.00.